The van der Waals surface area contributed by atoms with Crippen LogP contribution in [-0.4, -0.2) is 35.6 Å². The molecule has 1 aliphatic rings. The van der Waals surface area contributed by atoms with Crippen LogP contribution < -0.4 is 4.74 Å². The summed E-state index contributed by atoms with van der Waals surface area (Å²) in [6, 6.07) is 16.7. The number of ketones is 1. The molecule has 1 heterocycles. The van der Waals surface area contributed by atoms with Gasteiger partial charge in [-0.3, -0.25) is 19.3 Å². The molecule has 0 N–H and O–H groups in total. The number of nitrogens with zero attached hydrogens (tertiary/aromatic N) is 1. The highest BCUT2D eigenvalue weighted by atomic mass is 16.5. The minimum Gasteiger partial charge on any atom is -0.494 e. The van der Waals surface area contributed by atoms with Gasteiger partial charge in [-0.25, -0.2) is 0 Å². The van der Waals surface area contributed by atoms with Crippen LogP contribution in [0.25, 0.3) is 0 Å². The van der Waals surface area contributed by atoms with E-state index in [1.165, 1.54) is 42.7 Å². The third-order valence-electron chi connectivity index (χ3n) is 5.85. The van der Waals surface area contributed by atoms with Crippen LogP contribution in [0.4, 0.5) is 0 Å². The van der Waals surface area contributed by atoms with Crippen LogP contribution in [-0.2, 0) is 9.59 Å². The van der Waals surface area contributed by atoms with Gasteiger partial charge in [0.25, 0.3) is 11.8 Å². The molecule has 0 aromatic heterocycles. The Morgan fingerprint density at radius 3 is 1.76 bits per heavy atom. The predicted octanol–water partition coefficient (Wildman–Crippen LogP) is 5.73. The zero-order chi connectivity index (χ0) is 23.3. The quantitative estimate of drug-likeness (QED) is 0.199. The minimum absolute atomic E-state index is 0.0243. The molecule has 174 valence electrons. The molecular weight excluding hydrogens is 414 g/mol. The Bertz CT molecular complexity index is 916. The van der Waals surface area contributed by atoms with Crippen LogP contribution in [0.5, 0.6) is 5.75 Å². The highest BCUT2D eigenvalue weighted by Gasteiger charge is 2.22. The Morgan fingerprint density at radius 2 is 1.15 bits per heavy atom. The smallest absolute Gasteiger partial charge is 0.253 e. The van der Waals surface area contributed by atoms with Crippen molar-refractivity contribution < 1.29 is 19.1 Å². The number of imide groups is 1. The number of benzene rings is 2. The lowest BCUT2D eigenvalue weighted by atomic mass is 10.0. The van der Waals surface area contributed by atoms with E-state index in [0.717, 1.165) is 37.9 Å². The molecule has 0 unspecified atom stereocenters. The van der Waals surface area contributed by atoms with E-state index in [-0.39, 0.29) is 17.6 Å². The maximum atomic E-state index is 12.4. The largest absolute Gasteiger partial charge is 0.494 e. The molecule has 0 radical (unpaired) electrons. The number of carbonyl (C=O) groups is 3. The lowest BCUT2D eigenvalue weighted by molar-refractivity contribution is -0.136. The van der Waals surface area contributed by atoms with Crippen LogP contribution in [0, 0.1) is 0 Å². The second-order valence-corrected chi connectivity index (χ2v) is 8.41. The molecule has 2 aromatic rings. The van der Waals surface area contributed by atoms with Gasteiger partial charge < -0.3 is 4.74 Å². The first-order chi connectivity index (χ1) is 16.1. The highest BCUT2D eigenvalue weighted by molar-refractivity contribution is 6.12. The van der Waals surface area contributed by atoms with Gasteiger partial charge in [0.1, 0.15) is 5.75 Å². The van der Waals surface area contributed by atoms with Crippen LogP contribution in [0.15, 0.2) is 66.7 Å². The fourth-order valence-corrected chi connectivity index (χ4v) is 3.91. The van der Waals surface area contributed by atoms with Crippen molar-refractivity contribution in [1.29, 1.82) is 0 Å². The van der Waals surface area contributed by atoms with Crippen molar-refractivity contribution in [3.8, 4) is 5.75 Å². The lowest BCUT2D eigenvalue weighted by Gasteiger charge is -2.13. The molecule has 0 bridgehead atoms. The number of carbonyl (C=O) groups excluding carboxylic acids is 3. The number of hydrogen-bond donors (Lipinski definition) is 0. The monoisotopic (exact) mass is 447 g/mol. The molecular formula is C28H33NO4. The molecule has 2 amide bonds. The van der Waals surface area contributed by atoms with E-state index in [1.54, 1.807) is 0 Å². The zero-order valence-corrected chi connectivity index (χ0v) is 19.2. The van der Waals surface area contributed by atoms with Crippen molar-refractivity contribution in [2.75, 3.05) is 13.2 Å². The lowest BCUT2D eigenvalue weighted by Crippen LogP contribution is -2.30. The van der Waals surface area contributed by atoms with Crippen molar-refractivity contribution in [3.63, 3.8) is 0 Å². The average Bonchev–Trinajstić information content (AvgIpc) is 3.17. The van der Waals surface area contributed by atoms with Gasteiger partial charge in [0.2, 0.25) is 0 Å². The number of amides is 2. The van der Waals surface area contributed by atoms with Crippen molar-refractivity contribution in [2.45, 2.75) is 57.8 Å². The Labute approximate surface area is 196 Å². The van der Waals surface area contributed by atoms with Gasteiger partial charge in [-0.1, -0.05) is 75.3 Å². The first-order valence-corrected chi connectivity index (χ1v) is 12.0. The molecule has 33 heavy (non-hydrogen) atoms. The fraction of sp³-hybridized carbons (Fsp3) is 0.393. The van der Waals surface area contributed by atoms with Gasteiger partial charge in [0.15, 0.2) is 5.78 Å². The number of ether oxygens (including phenoxy) is 1. The van der Waals surface area contributed by atoms with E-state index in [0.29, 0.717) is 24.3 Å². The maximum Gasteiger partial charge on any atom is 0.253 e. The van der Waals surface area contributed by atoms with E-state index in [2.05, 4.69) is 0 Å². The van der Waals surface area contributed by atoms with Crippen molar-refractivity contribution in [2.24, 2.45) is 0 Å². The summed E-state index contributed by atoms with van der Waals surface area (Å²) >= 11 is 0. The summed E-state index contributed by atoms with van der Waals surface area (Å²) in [7, 11) is 0. The van der Waals surface area contributed by atoms with Crippen LogP contribution >= 0.6 is 0 Å². The third kappa shape index (κ3) is 8.01. The summed E-state index contributed by atoms with van der Waals surface area (Å²) in [5.41, 5.74) is 1.36. The molecule has 0 spiro atoms. The number of hydrogen-bond acceptors (Lipinski definition) is 4. The Kier molecular flexibility index (Phi) is 9.89. The van der Waals surface area contributed by atoms with E-state index in [9.17, 15) is 14.4 Å². The van der Waals surface area contributed by atoms with E-state index >= 15 is 0 Å². The maximum absolute atomic E-state index is 12.4. The Morgan fingerprint density at radius 1 is 0.636 bits per heavy atom. The topological polar surface area (TPSA) is 63.7 Å². The van der Waals surface area contributed by atoms with Gasteiger partial charge in [-0.05, 0) is 37.1 Å². The predicted molar refractivity (Wildman–Crippen MR) is 129 cm³/mol. The fourth-order valence-electron chi connectivity index (χ4n) is 3.91. The van der Waals surface area contributed by atoms with Crippen molar-refractivity contribution in [1.82, 2.24) is 4.90 Å². The zero-order valence-electron chi connectivity index (χ0n) is 19.2. The molecule has 0 fully saturated rings. The summed E-state index contributed by atoms with van der Waals surface area (Å²) < 4.78 is 5.81. The van der Waals surface area contributed by atoms with Crippen molar-refractivity contribution in [3.05, 3.63) is 77.9 Å². The summed E-state index contributed by atoms with van der Waals surface area (Å²) in [5.74, 6) is 0.460. The molecule has 0 saturated carbocycles. The summed E-state index contributed by atoms with van der Waals surface area (Å²) in [6.07, 6.45) is 12.8. The van der Waals surface area contributed by atoms with Gasteiger partial charge >= 0.3 is 0 Å². The number of rotatable bonds is 15. The number of unbranched alkanes of at least 4 members (excludes halogenated alkanes) is 8. The molecule has 3 rings (SSSR count). The molecule has 1 aliphatic heterocycles. The van der Waals surface area contributed by atoms with Gasteiger partial charge in [-0.15, -0.1) is 0 Å². The molecule has 2 aromatic carbocycles. The van der Waals surface area contributed by atoms with Crippen LogP contribution in [0.1, 0.15) is 73.7 Å². The van der Waals surface area contributed by atoms with Gasteiger partial charge in [-0.2, -0.15) is 0 Å². The summed E-state index contributed by atoms with van der Waals surface area (Å²) in [6.45, 7) is 1.23. The first kappa shape index (κ1) is 24.4. The normalized spacial score (nSPS) is 13.0. The standard InChI is InChI=1S/C28H33NO4/c30-26-19-20-27(31)29(26)21-11-6-4-2-1-3-5-7-12-22-33-25-17-15-24(16-18-25)28(32)23-13-9-8-10-14-23/h8-10,13-20H,1-7,11-12,21-22H2. The minimum atomic E-state index is -0.181. The molecule has 0 saturated heterocycles. The molecule has 0 aliphatic carbocycles. The van der Waals surface area contributed by atoms with E-state index in [1.807, 2.05) is 54.6 Å². The molecule has 5 heteroatoms. The van der Waals surface area contributed by atoms with Gasteiger partial charge in [0, 0.05) is 29.8 Å². The first-order valence-electron chi connectivity index (χ1n) is 12.0. The van der Waals surface area contributed by atoms with E-state index in [4.69, 9.17) is 4.74 Å². The summed E-state index contributed by atoms with van der Waals surface area (Å²) in [4.78, 5) is 36.7. The Hall–Kier alpha value is -3.21. The van der Waals surface area contributed by atoms with Crippen molar-refractivity contribution >= 4 is 17.6 Å². The molecule has 5 nitrogen and oxygen atoms in total. The highest BCUT2D eigenvalue weighted by Crippen LogP contribution is 2.17. The third-order valence-corrected chi connectivity index (χ3v) is 5.85. The van der Waals surface area contributed by atoms with Gasteiger partial charge in [0.05, 0.1) is 6.61 Å². The van der Waals surface area contributed by atoms with Crippen LogP contribution in [0.3, 0.4) is 0 Å². The Balaban J connectivity index is 1.16. The molecule has 0 atom stereocenters. The summed E-state index contributed by atoms with van der Waals surface area (Å²) in [5, 5.41) is 0. The van der Waals surface area contributed by atoms with E-state index < -0.39 is 0 Å². The second-order valence-electron chi connectivity index (χ2n) is 8.41. The van der Waals surface area contributed by atoms with Crippen LogP contribution in [0.2, 0.25) is 0 Å². The second kappa shape index (κ2) is 13.4. The SMILES string of the molecule is O=C(c1ccccc1)c1ccc(OCCCCCCCCCCCN2C(=O)C=CC2=O)cc1. The average molecular weight is 448 g/mol.